The third-order valence-electron chi connectivity index (χ3n) is 4.04. The molecule has 1 aromatic heterocycles. The number of rotatable bonds is 5. The van der Waals surface area contributed by atoms with Gasteiger partial charge in [0.2, 0.25) is 0 Å². The summed E-state index contributed by atoms with van der Waals surface area (Å²) >= 11 is 0. The Hall–Kier alpha value is -1.41. The Morgan fingerprint density at radius 1 is 1.55 bits per heavy atom. The van der Waals surface area contributed by atoms with Gasteiger partial charge in [-0.15, -0.1) is 0 Å². The highest BCUT2D eigenvalue weighted by Crippen LogP contribution is 2.35. The Morgan fingerprint density at radius 3 is 2.65 bits per heavy atom. The molecule has 0 saturated heterocycles. The molecule has 1 saturated carbocycles. The molecule has 0 spiro atoms. The Morgan fingerprint density at radius 2 is 2.20 bits per heavy atom. The van der Waals surface area contributed by atoms with Crippen LogP contribution in [0, 0.1) is 5.92 Å². The first-order chi connectivity index (χ1) is 9.39. The molecule has 7 nitrogen and oxygen atoms in total. The zero-order valence-corrected chi connectivity index (χ0v) is 12.1. The summed E-state index contributed by atoms with van der Waals surface area (Å²) in [6.07, 6.45) is 5.46. The number of aliphatic carboxylic acids is 1. The van der Waals surface area contributed by atoms with Gasteiger partial charge in [-0.2, -0.15) is 4.72 Å². The van der Waals surface area contributed by atoms with Crippen LogP contribution in [0.3, 0.4) is 0 Å². The minimum atomic E-state index is -3.89. The van der Waals surface area contributed by atoms with E-state index in [2.05, 4.69) is 21.6 Å². The molecule has 8 heteroatoms. The fraction of sp³-hybridized carbons (Fsp3) is 0.667. The first-order valence-corrected chi connectivity index (χ1v) is 8.14. The maximum Gasteiger partial charge on any atom is 0.324 e. The molecule has 0 unspecified atom stereocenters. The summed E-state index contributed by atoms with van der Waals surface area (Å²) in [6, 6.07) is 0. The van der Waals surface area contributed by atoms with Crippen LogP contribution in [0.4, 0.5) is 0 Å². The Bertz CT molecular complexity index is 560. The fourth-order valence-electron chi connectivity index (χ4n) is 2.64. The molecule has 0 radical (unpaired) electrons. The second-order valence-electron chi connectivity index (χ2n) is 5.26. The maximum atomic E-state index is 12.2. The third kappa shape index (κ3) is 2.85. The summed E-state index contributed by atoms with van der Waals surface area (Å²) in [5, 5.41) is 9.34. The van der Waals surface area contributed by atoms with Gasteiger partial charge >= 0.3 is 5.97 Å². The number of imidazole rings is 1. The number of nitrogens with zero attached hydrogens (tertiary/aromatic N) is 1. The number of aromatic amines is 1. The van der Waals surface area contributed by atoms with Gasteiger partial charge in [0.05, 0.1) is 12.5 Å². The molecule has 0 aliphatic heterocycles. The molecule has 1 heterocycles. The van der Waals surface area contributed by atoms with Crippen LogP contribution in [0.15, 0.2) is 17.6 Å². The molecule has 0 amide bonds. The standard InChI is InChI=1S/C12H19N3O4S/c1-2-9-3-5-12(6-4-9,11(16)17)15-20(18,19)10-7-13-8-14-10/h7-9,15H,2-6H2,1H3,(H,13,14)(H,16,17). The second kappa shape index (κ2) is 5.53. The van der Waals surface area contributed by atoms with Crippen LogP contribution < -0.4 is 4.72 Å². The van der Waals surface area contributed by atoms with E-state index in [4.69, 9.17) is 0 Å². The molecule has 3 N–H and O–H groups in total. The lowest BCUT2D eigenvalue weighted by molar-refractivity contribution is -0.145. The van der Waals surface area contributed by atoms with E-state index in [1.54, 1.807) is 0 Å². The van der Waals surface area contributed by atoms with Gasteiger partial charge in [0, 0.05) is 0 Å². The average molecular weight is 301 g/mol. The number of carbonyl (C=O) groups is 1. The van der Waals surface area contributed by atoms with Gasteiger partial charge < -0.3 is 10.1 Å². The molecular weight excluding hydrogens is 282 g/mol. The SMILES string of the molecule is CCC1CCC(NS(=O)(=O)c2cnc[nH]2)(C(=O)O)CC1. The van der Waals surface area contributed by atoms with E-state index in [1.165, 1.54) is 6.33 Å². The topological polar surface area (TPSA) is 112 Å². The number of hydrogen-bond donors (Lipinski definition) is 3. The molecule has 0 atom stereocenters. The minimum Gasteiger partial charge on any atom is -0.480 e. The number of nitrogens with one attached hydrogen (secondary N) is 2. The molecule has 0 bridgehead atoms. The lowest BCUT2D eigenvalue weighted by Gasteiger charge is -2.36. The lowest BCUT2D eigenvalue weighted by atomic mass is 9.76. The molecule has 1 fully saturated rings. The number of sulfonamides is 1. The van der Waals surface area contributed by atoms with E-state index in [-0.39, 0.29) is 5.03 Å². The second-order valence-corrected chi connectivity index (χ2v) is 6.91. The quantitative estimate of drug-likeness (QED) is 0.754. The molecular formula is C12H19N3O4S. The Balaban J connectivity index is 2.21. The number of H-pyrrole nitrogens is 1. The molecule has 2 rings (SSSR count). The van der Waals surface area contributed by atoms with Crippen molar-refractivity contribution in [3.8, 4) is 0 Å². The van der Waals surface area contributed by atoms with Crippen LogP contribution in [-0.2, 0) is 14.8 Å². The third-order valence-corrected chi connectivity index (χ3v) is 5.50. The number of aromatic nitrogens is 2. The maximum absolute atomic E-state index is 12.2. The first kappa shape index (κ1) is 15.0. The van der Waals surface area contributed by atoms with Crippen molar-refractivity contribution >= 4 is 16.0 Å². The van der Waals surface area contributed by atoms with Crippen molar-refractivity contribution in [1.29, 1.82) is 0 Å². The fourth-order valence-corrected chi connectivity index (χ4v) is 3.96. The van der Waals surface area contributed by atoms with Gasteiger partial charge in [0.15, 0.2) is 5.03 Å². The Kier molecular flexibility index (Phi) is 4.14. The van der Waals surface area contributed by atoms with E-state index in [0.717, 1.165) is 12.6 Å². The molecule has 20 heavy (non-hydrogen) atoms. The summed E-state index contributed by atoms with van der Waals surface area (Å²) < 4.78 is 26.7. The largest absolute Gasteiger partial charge is 0.480 e. The average Bonchev–Trinajstić information content (AvgIpc) is 2.93. The zero-order chi connectivity index (χ0) is 14.8. The predicted octanol–water partition coefficient (Wildman–Crippen LogP) is 1.11. The summed E-state index contributed by atoms with van der Waals surface area (Å²) in [4.78, 5) is 17.7. The van der Waals surface area contributed by atoms with Crippen molar-refractivity contribution in [2.75, 3.05) is 0 Å². The lowest BCUT2D eigenvalue weighted by Crippen LogP contribution is -2.56. The van der Waals surface area contributed by atoms with Gasteiger partial charge in [0.1, 0.15) is 5.54 Å². The number of carboxylic acids is 1. The van der Waals surface area contributed by atoms with Crippen LogP contribution in [0.2, 0.25) is 0 Å². The van der Waals surface area contributed by atoms with Crippen molar-refractivity contribution in [3.05, 3.63) is 12.5 Å². The molecule has 0 aromatic carbocycles. The summed E-state index contributed by atoms with van der Waals surface area (Å²) in [7, 11) is -3.89. The van der Waals surface area contributed by atoms with Gasteiger partial charge in [-0.3, -0.25) is 4.79 Å². The number of hydrogen-bond acceptors (Lipinski definition) is 4. The van der Waals surface area contributed by atoms with Crippen LogP contribution in [0.1, 0.15) is 39.0 Å². The molecule has 1 aliphatic carbocycles. The van der Waals surface area contributed by atoms with E-state index in [0.29, 0.717) is 31.6 Å². The van der Waals surface area contributed by atoms with Crippen molar-refractivity contribution in [1.82, 2.24) is 14.7 Å². The first-order valence-electron chi connectivity index (χ1n) is 6.65. The van der Waals surface area contributed by atoms with Crippen LogP contribution in [0.25, 0.3) is 0 Å². The van der Waals surface area contributed by atoms with E-state index in [9.17, 15) is 18.3 Å². The Labute approximate surface area is 117 Å². The predicted molar refractivity (Wildman–Crippen MR) is 71.5 cm³/mol. The highest BCUT2D eigenvalue weighted by Gasteiger charge is 2.45. The molecule has 112 valence electrons. The molecule has 1 aromatic rings. The van der Waals surface area contributed by atoms with Crippen molar-refractivity contribution < 1.29 is 18.3 Å². The molecule has 1 aliphatic rings. The van der Waals surface area contributed by atoms with E-state index < -0.39 is 21.5 Å². The summed E-state index contributed by atoms with van der Waals surface area (Å²) in [6.45, 7) is 2.06. The van der Waals surface area contributed by atoms with Gasteiger partial charge in [-0.1, -0.05) is 13.3 Å². The highest BCUT2D eigenvalue weighted by atomic mass is 32.2. The van der Waals surface area contributed by atoms with Crippen LogP contribution in [-0.4, -0.2) is 35.0 Å². The van der Waals surface area contributed by atoms with Crippen molar-refractivity contribution in [2.45, 2.75) is 49.6 Å². The van der Waals surface area contributed by atoms with E-state index in [1.807, 2.05) is 0 Å². The summed E-state index contributed by atoms with van der Waals surface area (Å²) in [5.41, 5.74) is -1.41. The number of carboxylic acid groups (broad SMARTS) is 1. The summed E-state index contributed by atoms with van der Waals surface area (Å²) in [5.74, 6) is -0.644. The van der Waals surface area contributed by atoms with Crippen LogP contribution in [0.5, 0.6) is 0 Å². The highest BCUT2D eigenvalue weighted by molar-refractivity contribution is 7.89. The normalized spacial score (nSPS) is 27.4. The monoisotopic (exact) mass is 301 g/mol. The minimum absolute atomic E-state index is 0.115. The van der Waals surface area contributed by atoms with Crippen LogP contribution >= 0.6 is 0 Å². The smallest absolute Gasteiger partial charge is 0.324 e. The van der Waals surface area contributed by atoms with Crippen molar-refractivity contribution in [3.63, 3.8) is 0 Å². The van der Waals surface area contributed by atoms with Crippen molar-refractivity contribution in [2.24, 2.45) is 5.92 Å². The van der Waals surface area contributed by atoms with Gasteiger partial charge in [-0.05, 0) is 31.6 Å². The van der Waals surface area contributed by atoms with Gasteiger partial charge in [0.25, 0.3) is 10.0 Å². The van der Waals surface area contributed by atoms with E-state index >= 15 is 0 Å². The van der Waals surface area contributed by atoms with Gasteiger partial charge in [-0.25, -0.2) is 13.4 Å². The zero-order valence-electron chi connectivity index (χ0n) is 11.3.